The Labute approximate surface area is 192 Å². The molecule has 1 aromatic heterocycles. The average Bonchev–Trinajstić information content (AvgIpc) is 2.95. The van der Waals surface area contributed by atoms with E-state index in [0.717, 1.165) is 10.4 Å². The second-order valence-electron chi connectivity index (χ2n) is 7.39. The Hall–Kier alpha value is -2.43. The first-order valence-corrected chi connectivity index (χ1v) is 11.7. The van der Waals surface area contributed by atoms with E-state index >= 15 is 0 Å². The molecule has 1 amide bonds. The number of hydrogen-bond acceptors (Lipinski definition) is 4. The summed E-state index contributed by atoms with van der Waals surface area (Å²) in [7, 11) is -1.06. The van der Waals surface area contributed by atoms with Crippen LogP contribution in [0.15, 0.2) is 28.9 Å². The quantitative estimate of drug-likeness (QED) is 0.558. The number of rotatable bonds is 9. The van der Waals surface area contributed by atoms with Crippen LogP contribution in [0.3, 0.4) is 0 Å². The molecule has 2 rings (SSSR count). The van der Waals surface area contributed by atoms with Gasteiger partial charge in [-0.05, 0) is 44.0 Å². The molecule has 8 nitrogen and oxygen atoms in total. The Bertz CT molecular complexity index is 1140. The predicted molar refractivity (Wildman–Crippen MR) is 122 cm³/mol. The zero-order chi connectivity index (χ0) is 24.2. The number of sulfonamides is 1. The highest BCUT2D eigenvalue weighted by Crippen LogP contribution is 2.39. The van der Waals surface area contributed by atoms with Gasteiger partial charge in [0.25, 0.3) is 0 Å². The third kappa shape index (κ3) is 5.67. The molecule has 175 valence electrons. The van der Waals surface area contributed by atoms with Crippen molar-refractivity contribution >= 4 is 27.7 Å². The first-order chi connectivity index (χ1) is 14.9. The number of allylic oxidation sites excluding steroid dienone is 1. The molecule has 0 aliphatic heterocycles. The number of carbonyl (C=O) groups is 1. The topological polar surface area (TPSA) is 105 Å². The fourth-order valence-electron chi connectivity index (χ4n) is 3.34. The zero-order valence-electron chi connectivity index (χ0n) is 18.4. The van der Waals surface area contributed by atoms with Crippen molar-refractivity contribution in [2.24, 2.45) is 0 Å². The summed E-state index contributed by atoms with van der Waals surface area (Å²) in [6, 6.07) is 3.12. The van der Waals surface area contributed by atoms with Gasteiger partial charge in [-0.25, -0.2) is 21.9 Å². The van der Waals surface area contributed by atoms with Crippen molar-refractivity contribution in [3.05, 3.63) is 52.9 Å². The molecule has 0 saturated heterocycles. The van der Waals surface area contributed by atoms with Crippen LogP contribution in [0.2, 0.25) is 5.02 Å². The number of nitrogens with one attached hydrogen (secondary N) is 1. The SMILES string of the molecule is [CH2]c1cc(Cl)c(S(=O)(=O)N(C)C)c(-c2c(C)nn(C/C(F)=C/CNC(=O)O)c2CCC)c1. The van der Waals surface area contributed by atoms with Crippen molar-refractivity contribution in [1.82, 2.24) is 19.4 Å². The van der Waals surface area contributed by atoms with Gasteiger partial charge in [-0.1, -0.05) is 24.9 Å². The number of amides is 1. The lowest BCUT2D eigenvalue weighted by Gasteiger charge is -2.18. The fourth-order valence-corrected chi connectivity index (χ4v) is 4.98. The molecule has 2 aromatic rings. The summed E-state index contributed by atoms with van der Waals surface area (Å²) in [4.78, 5) is 10.5. The highest BCUT2D eigenvalue weighted by atomic mass is 35.5. The monoisotopic (exact) mass is 485 g/mol. The van der Waals surface area contributed by atoms with E-state index in [9.17, 15) is 17.6 Å². The molecular weight excluding hydrogens is 459 g/mol. The van der Waals surface area contributed by atoms with Gasteiger partial charge >= 0.3 is 6.09 Å². The molecule has 11 heteroatoms. The highest BCUT2D eigenvalue weighted by molar-refractivity contribution is 7.89. The van der Waals surface area contributed by atoms with Crippen molar-refractivity contribution in [2.75, 3.05) is 20.6 Å². The molecule has 0 atom stereocenters. The van der Waals surface area contributed by atoms with Crippen LogP contribution in [0.5, 0.6) is 0 Å². The van der Waals surface area contributed by atoms with Crippen LogP contribution in [0.4, 0.5) is 9.18 Å². The first kappa shape index (κ1) is 25.8. The zero-order valence-corrected chi connectivity index (χ0v) is 20.0. The maximum absolute atomic E-state index is 14.4. The van der Waals surface area contributed by atoms with E-state index in [4.69, 9.17) is 16.7 Å². The minimum absolute atomic E-state index is 0.0432. The first-order valence-electron chi connectivity index (χ1n) is 9.86. The summed E-state index contributed by atoms with van der Waals surface area (Å²) in [5.41, 5.74) is 2.62. The lowest BCUT2D eigenvalue weighted by atomic mass is 9.99. The summed E-state index contributed by atoms with van der Waals surface area (Å²) < 4.78 is 43.1. The van der Waals surface area contributed by atoms with Gasteiger partial charge in [0, 0.05) is 37.5 Å². The molecule has 0 bridgehead atoms. The molecule has 2 N–H and O–H groups in total. The lowest BCUT2D eigenvalue weighted by Crippen LogP contribution is -2.23. The normalized spacial score (nSPS) is 12.4. The van der Waals surface area contributed by atoms with Gasteiger partial charge in [0.05, 0.1) is 17.3 Å². The number of hydrogen-bond donors (Lipinski definition) is 2. The van der Waals surface area contributed by atoms with Crippen molar-refractivity contribution in [1.29, 1.82) is 0 Å². The fraction of sp³-hybridized carbons (Fsp3) is 0.381. The standard InChI is InChI=1S/C21H27ClFN4O4S/c1-6-7-18-19(14(3)25-27(18)12-15(23)8-9-24-21(28)29)16-10-13(2)11-17(22)20(16)32(30,31)26(4)5/h8,10-11,24H,2,6-7,9,12H2,1,3-5H3,(H,28,29)/b15-8-. The average molecular weight is 486 g/mol. The highest BCUT2D eigenvalue weighted by Gasteiger charge is 2.29. The van der Waals surface area contributed by atoms with E-state index in [-0.39, 0.29) is 23.0 Å². The third-order valence-corrected chi connectivity index (χ3v) is 7.04. The minimum atomic E-state index is -3.90. The van der Waals surface area contributed by atoms with Gasteiger partial charge in [0.2, 0.25) is 10.0 Å². The second-order valence-corrected chi connectivity index (χ2v) is 9.89. The number of aromatic nitrogens is 2. The molecule has 0 fully saturated rings. The maximum Gasteiger partial charge on any atom is 0.404 e. The molecule has 0 spiro atoms. The van der Waals surface area contributed by atoms with Crippen LogP contribution in [0, 0.1) is 13.8 Å². The summed E-state index contributed by atoms with van der Waals surface area (Å²) in [5.74, 6) is -0.574. The number of benzene rings is 1. The van der Waals surface area contributed by atoms with Crippen molar-refractivity contribution in [2.45, 2.75) is 38.1 Å². The Morgan fingerprint density at radius 2 is 2.06 bits per heavy atom. The molecule has 32 heavy (non-hydrogen) atoms. The predicted octanol–water partition coefficient (Wildman–Crippen LogP) is 4.02. The second kappa shape index (κ2) is 10.5. The summed E-state index contributed by atoms with van der Waals surface area (Å²) in [6.45, 7) is 7.17. The van der Waals surface area contributed by atoms with E-state index in [1.807, 2.05) is 6.92 Å². The molecule has 1 heterocycles. The van der Waals surface area contributed by atoms with E-state index in [0.29, 0.717) is 40.9 Å². The minimum Gasteiger partial charge on any atom is -0.465 e. The Kier molecular flexibility index (Phi) is 8.44. The largest absolute Gasteiger partial charge is 0.465 e. The Balaban J connectivity index is 2.69. The van der Waals surface area contributed by atoms with Crippen LogP contribution in [0.1, 0.15) is 30.3 Å². The van der Waals surface area contributed by atoms with E-state index < -0.39 is 21.9 Å². The van der Waals surface area contributed by atoms with Gasteiger partial charge < -0.3 is 10.4 Å². The number of nitrogens with zero attached hydrogens (tertiary/aromatic N) is 3. The lowest BCUT2D eigenvalue weighted by molar-refractivity contribution is 0.195. The van der Waals surface area contributed by atoms with Crippen molar-refractivity contribution in [3.8, 4) is 11.1 Å². The van der Waals surface area contributed by atoms with Crippen LogP contribution in [-0.4, -0.2) is 54.3 Å². The van der Waals surface area contributed by atoms with Crippen LogP contribution in [-0.2, 0) is 23.0 Å². The van der Waals surface area contributed by atoms with E-state index in [1.54, 1.807) is 13.0 Å². The molecular formula is C21H27ClFN4O4S. The van der Waals surface area contributed by atoms with Crippen LogP contribution in [0.25, 0.3) is 11.1 Å². The van der Waals surface area contributed by atoms with Crippen LogP contribution < -0.4 is 5.32 Å². The summed E-state index contributed by atoms with van der Waals surface area (Å²) in [5, 5.41) is 15.2. The van der Waals surface area contributed by atoms with Gasteiger partial charge in [0.1, 0.15) is 10.7 Å². The van der Waals surface area contributed by atoms with E-state index in [2.05, 4.69) is 17.3 Å². The molecule has 0 unspecified atom stereocenters. The number of halogens is 2. The third-order valence-electron chi connectivity index (χ3n) is 4.71. The molecule has 0 aliphatic carbocycles. The van der Waals surface area contributed by atoms with Gasteiger partial charge in [-0.3, -0.25) is 4.68 Å². The molecule has 1 radical (unpaired) electrons. The number of aryl methyl sites for hydroxylation is 1. The molecule has 0 aliphatic rings. The van der Waals surface area contributed by atoms with Crippen LogP contribution >= 0.6 is 11.6 Å². The van der Waals surface area contributed by atoms with Crippen molar-refractivity contribution < 1.29 is 22.7 Å². The summed E-state index contributed by atoms with van der Waals surface area (Å²) in [6.07, 6.45) is 1.09. The molecule has 1 aromatic carbocycles. The Morgan fingerprint density at radius 3 is 2.62 bits per heavy atom. The van der Waals surface area contributed by atoms with Gasteiger partial charge in [-0.2, -0.15) is 5.10 Å². The maximum atomic E-state index is 14.4. The molecule has 0 saturated carbocycles. The van der Waals surface area contributed by atoms with Crippen molar-refractivity contribution in [3.63, 3.8) is 0 Å². The Morgan fingerprint density at radius 1 is 1.41 bits per heavy atom. The number of carboxylic acid groups (broad SMARTS) is 1. The van der Waals surface area contributed by atoms with Gasteiger partial charge in [0.15, 0.2) is 0 Å². The van der Waals surface area contributed by atoms with Gasteiger partial charge in [-0.15, -0.1) is 0 Å². The van der Waals surface area contributed by atoms with E-state index in [1.165, 1.54) is 24.8 Å². The smallest absolute Gasteiger partial charge is 0.404 e. The summed E-state index contributed by atoms with van der Waals surface area (Å²) >= 11 is 6.37.